The summed E-state index contributed by atoms with van der Waals surface area (Å²) in [6, 6.07) is 9.53. The molecule has 152 valence electrons. The van der Waals surface area contributed by atoms with Crippen molar-refractivity contribution in [2.75, 3.05) is 13.1 Å². The molecule has 9 nitrogen and oxygen atoms in total. The predicted molar refractivity (Wildman–Crippen MR) is 108 cm³/mol. The summed E-state index contributed by atoms with van der Waals surface area (Å²) in [5.74, 6) is 0.792. The number of benzene rings is 1. The molecule has 4 aromatic rings. The maximum absolute atomic E-state index is 13.0. The van der Waals surface area contributed by atoms with Gasteiger partial charge in [-0.05, 0) is 31.9 Å². The van der Waals surface area contributed by atoms with Crippen LogP contribution in [0.1, 0.15) is 30.1 Å². The van der Waals surface area contributed by atoms with Crippen molar-refractivity contribution in [3.63, 3.8) is 0 Å². The fourth-order valence-corrected chi connectivity index (χ4v) is 4.03. The second-order valence-corrected chi connectivity index (χ2v) is 7.57. The number of hydrogen-bond acceptors (Lipinski definition) is 7. The minimum absolute atomic E-state index is 0.0291. The monoisotopic (exact) mass is 403 g/mol. The number of nitrogens with zero attached hydrogens (tertiary/aromatic N) is 7. The fourth-order valence-electron chi connectivity index (χ4n) is 4.03. The van der Waals surface area contributed by atoms with Crippen molar-refractivity contribution in [2.24, 2.45) is 0 Å². The molecule has 1 aliphatic heterocycles. The molecular weight excluding hydrogens is 382 g/mol. The van der Waals surface area contributed by atoms with Gasteiger partial charge in [-0.25, -0.2) is 14.6 Å². The maximum atomic E-state index is 13.0. The van der Waals surface area contributed by atoms with Crippen LogP contribution < -0.4 is 0 Å². The molecule has 1 saturated heterocycles. The summed E-state index contributed by atoms with van der Waals surface area (Å²) >= 11 is 0. The minimum atomic E-state index is 0.0291. The number of para-hydroxylation sites is 1. The first kappa shape index (κ1) is 18.4. The minimum Gasteiger partial charge on any atom is -0.356 e. The van der Waals surface area contributed by atoms with Gasteiger partial charge in [-0.1, -0.05) is 22.5 Å². The lowest BCUT2D eigenvalue weighted by Crippen LogP contribution is -2.41. The summed E-state index contributed by atoms with van der Waals surface area (Å²) in [5, 5.41) is 12.3. The zero-order valence-electron chi connectivity index (χ0n) is 16.6. The highest BCUT2D eigenvalue weighted by Gasteiger charge is 2.28. The third-order valence-corrected chi connectivity index (χ3v) is 5.50. The van der Waals surface area contributed by atoms with Crippen LogP contribution in [-0.2, 0) is 11.3 Å². The smallest absolute Gasteiger partial charge is 0.244 e. The number of carbonyl (C=O) groups is 1. The molecule has 0 radical (unpaired) electrons. The lowest BCUT2D eigenvalue weighted by molar-refractivity contribution is -0.133. The van der Waals surface area contributed by atoms with E-state index in [4.69, 9.17) is 4.52 Å². The Morgan fingerprint density at radius 3 is 3.07 bits per heavy atom. The Kier molecular flexibility index (Phi) is 4.70. The van der Waals surface area contributed by atoms with Crippen molar-refractivity contribution < 1.29 is 9.32 Å². The summed E-state index contributed by atoms with van der Waals surface area (Å²) in [6.45, 7) is 3.38. The van der Waals surface area contributed by atoms with Crippen LogP contribution in [0.3, 0.4) is 0 Å². The van der Waals surface area contributed by atoms with Crippen LogP contribution in [0.4, 0.5) is 0 Å². The molecule has 0 aliphatic carbocycles. The van der Waals surface area contributed by atoms with Crippen LogP contribution in [0.25, 0.3) is 22.4 Å². The second kappa shape index (κ2) is 7.66. The molecule has 0 spiro atoms. The predicted octanol–water partition coefficient (Wildman–Crippen LogP) is 2.59. The largest absolute Gasteiger partial charge is 0.356 e. The SMILES string of the molecule is Cc1cc(-c2cncnc2C2CCCN(C(=O)Cn3nnc4ccccc43)C2)on1. The summed E-state index contributed by atoms with van der Waals surface area (Å²) in [6.07, 6.45) is 5.16. The van der Waals surface area contributed by atoms with Crippen molar-refractivity contribution in [2.45, 2.75) is 32.2 Å². The van der Waals surface area contributed by atoms with E-state index in [0.29, 0.717) is 12.3 Å². The van der Waals surface area contributed by atoms with Crippen molar-refractivity contribution in [3.05, 3.63) is 54.2 Å². The van der Waals surface area contributed by atoms with Gasteiger partial charge in [-0.3, -0.25) is 4.79 Å². The van der Waals surface area contributed by atoms with E-state index in [9.17, 15) is 4.79 Å². The number of aromatic nitrogens is 6. The highest BCUT2D eigenvalue weighted by atomic mass is 16.5. The van der Waals surface area contributed by atoms with E-state index in [1.54, 1.807) is 17.2 Å². The quantitative estimate of drug-likeness (QED) is 0.516. The van der Waals surface area contributed by atoms with Gasteiger partial charge in [0.05, 0.1) is 22.5 Å². The van der Waals surface area contributed by atoms with Gasteiger partial charge in [0.2, 0.25) is 5.91 Å². The van der Waals surface area contributed by atoms with Gasteiger partial charge >= 0.3 is 0 Å². The fraction of sp³-hybridized carbons (Fsp3) is 0.333. The number of rotatable bonds is 4. The number of likely N-dealkylation sites (tertiary alicyclic amines) is 1. The van der Waals surface area contributed by atoms with Crippen LogP contribution in [0.2, 0.25) is 0 Å². The molecule has 4 heterocycles. The van der Waals surface area contributed by atoms with E-state index in [1.165, 1.54) is 0 Å². The zero-order valence-corrected chi connectivity index (χ0v) is 16.6. The Labute approximate surface area is 172 Å². The number of piperidine rings is 1. The number of amides is 1. The Bertz CT molecular complexity index is 1200. The Morgan fingerprint density at radius 1 is 1.30 bits per heavy atom. The Morgan fingerprint density at radius 2 is 2.20 bits per heavy atom. The Hall–Kier alpha value is -3.62. The van der Waals surface area contributed by atoms with E-state index in [0.717, 1.165) is 47.4 Å². The van der Waals surface area contributed by atoms with Crippen LogP contribution in [0.15, 0.2) is 47.4 Å². The first-order chi connectivity index (χ1) is 14.7. The van der Waals surface area contributed by atoms with Gasteiger partial charge in [-0.15, -0.1) is 5.10 Å². The molecule has 1 fully saturated rings. The molecular formula is C21H21N7O2. The topological polar surface area (TPSA) is 103 Å². The highest BCUT2D eigenvalue weighted by molar-refractivity contribution is 5.80. The molecule has 1 aromatic carbocycles. The zero-order chi connectivity index (χ0) is 20.5. The van der Waals surface area contributed by atoms with Crippen molar-refractivity contribution in [1.29, 1.82) is 0 Å². The number of aryl methyl sites for hydroxylation is 1. The van der Waals surface area contributed by atoms with Gasteiger partial charge in [0.25, 0.3) is 0 Å². The summed E-state index contributed by atoms with van der Waals surface area (Å²) < 4.78 is 7.10. The third kappa shape index (κ3) is 3.42. The lowest BCUT2D eigenvalue weighted by Gasteiger charge is -2.33. The van der Waals surface area contributed by atoms with E-state index in [1.807, 2.05) is 42.2 Å². The van der Waals surface area contributed by atoms with Crippen molar-refractivity contribution in [3.8, 4) is 11.3 Å². The molecule has 1 unspecified atom stereocenters. The molecule has 1 atom stereocenters. The van der Waals surface area contributed by atoms with Gasteiger partial charge in [-0.2, -0.15) is 0 Å². The summed E-state index contributed by atoms with van der Waals surface area (Å²) in [5.41, 5.74) is 4.18. The first-order valence-corrected chi connectivity index (χ1v) is 9.98. The van der Waals surface area contributed by atoms with Gasteiger partial charge in [0, 0.05) is 31.3 Å². The van der Waals surface area contributed by atoms with E-state index >= 15 is 0 Å². The molecule has 3 aromatic heterocycles. The second-order valence-electron chi connectivity index (χ2n) is 7.57. The molecule has 5 rings (SSSR count). The van der Waals surface area contributed by atoms with Gasteiger partial charge in [0.15, 0.2) is 5.76 Å². The van der Waals surface area contributed by atoms with Crippen LogP contribution in [-0.4, -0.2) is 54.0 Å². The molecule has 9 heteroatoms. The average molecular weight is 403 g/mol. The molecule has 0 bridgehead atoms. The van der Waals surface area contributed by atoms with Crippen LogP contribution >= 0.6 is 0 Å². The van der Waals surface area contributed by atoms with E-state index < -0.39 is 0 Å². The number of hydrogen-bond donors (Lipinski definition) is 0. The van der Waals surface area contributed by atoms with Crippen LogP contribution in [0.5, 0.6) is 0 Å². The van der Waals surface area contributed by atoms with E-state index in [2.05, 4.69) is 25.4 Å². The van der Waals surface area contributed by atoms with E-state index in [-0.39, 0.29) is 18.4 Å². The van der Waals surface area contributed by atoms with Gasteiger partial charge in [0.1, 0.15) is 18.4 Å². The lowest BCUT2D eigenvalue weighted by atomic mass is 9.91. The molecule has 0 saturated carbocycles. The molecule has 1 aliphatic rings. The number of fused-ring (bicyclic) bond motifs is 1. The van der Waals surface area contributed by atoms with Crippen LogP contribution in [0, 0.1) is 6.92 Å². The highest BCUT2D eigenvalue weighted by Crippen LogP contribution is 2.33. The first-order valence-electron chi connectivity index (χ1n) is 9.98. The number of carbonyl (C=O) groups excluding carboxylic acids is 1. The molecule has 0 N–H and O–H groups in total. The molecule has 1 amide bonds. The maximum Gasteiger partial charge on any atom is 0.244 e. The van der Waals surface area contributed by atoms with Crippen molar-refractivity contribution in [1.82, 2.24) is 35.0 Å². The summed E-state index contributed by atoms with van der Waals surface area (Å²) in [7, 11) is 0. The normalized spacial score (nSPS) is 16.8. The van der Waals surface area contributed by atoms with Gasteiger partial charge < -0.3 is 9.42 Å². The van der Waals surface area contributed by atoms with Crippen molar-refractivity contribution >= 4 is 16.9 Å². The average Bonchev–Trinajstić information content (AvgIpc) is 3.40. The third-order valence-electron chi connectivity index (χ3n) is 5.50. The molecule has 30 heavy (non-hydrogen) atoms. The standard InChI is InChI=1S/C21H21N7O2/c1-14-9-19(30-25-14)16-10-22-13-23-21(16)15-5-4-8-27(11-15)20(29)12-28-18-7-3-2-6-17(18)24-26-28/h2-3,6-7,9-10,13,15H,4-5,8,11-12H2,1H3. The summed E-state index contributed by atoms with van der Waals surface area (Å²) in [4.78, 5) is 23.6. The Balaban J connectivity index is 1.36.